The van der Waals surface area contributed by atoms with E-state index in [-0.39, 0.29) is 21.6 Å². The maximum Gasteiger partial charge on any atom is 0.238 e. The van der Waals surface area contributed by atoms with E-state index in [9.17, 15) is 13.5 Å². The van der Waals surface area contributed by atoms with Crippen LogP contribution >= 0.6 is 12.2 Å². The number of nitrogens with one attached hydrogen (secondary N) is 1. The number of para-hydroxylation sites is 1. The standard InChI is InChI=1S/C26H21N5O3S2/c27-36(33,34)20-11-6-10-19(15-20)28-26(35)30-29-24-22-13-3-4-14-23(22)31(25(24)32)16-18-9-5-8-17-7-1-2-12-21(17)18/h1-15,32H,16H2,(H,28,35)(H2,27,33,34). The molecule has 1 heterocycles. The third-order valence-corrected chi connectivity index (χ3v) is 6.88. The van der Waals surface area contributed by atoms with Crippen molar-refractivity contribution >= 4 is 60.4 Å². The maximum atomic E-state index is 11.6. The summed E-state index contributed by atoms with van der Waals surface area (Å²) in [5.41, 5.74) is 2.54. The van der Waals surface area contributed by atoms with Crippen LogP contribution in [0.2, 0.25) is 0 Å². The minimum absolute atomic E-state index is 0.00754. The molecule has 0 aliphatic rings. The summed E-state index contributed by atoms with van der Waals surface area (Å²) in [6.07, 6.45) is 0. The number of sulfonamides is 1. The summed E-state index contributed by atoms with van der Waals surface area (Å²) in [7, 11) is -3.86. The van der Waals surface area contributed by atoms with Crippen molar-refractivity contribution in [1.82, 2.24) is 4.57 Å². The van der Waals surface area contributed by atoms with Crippen LogP contribution in [-0.4, -0.2) is 23.2 Å². The van der Waals surface area contributed by atoms with Crippen molar-refractivity contribution in [2.24, 2.45) is 15.4 Å². The number of thiocarbonyl (C=S) groups is 1. The van der Waals surface area contributed by atoms with E-state index in [4.69, 9.17) is 17.4 Å². The van der Waals surface area contributed by atoms with Crippen LogP contribution in [-0.2, 0) is 16.6 Å². The van der Waals surface area contributed by atoms with Crippen LogP contribution in [0.3, 0.4) is 0 Å². The average Bonchev–Trinajstić information content (AvgIpc) is 3.13. The summed E-state index contributed by atoms with van der Waals surface area (Å²) in [6.45, 7) is 0.437. The lowest BCUT2D eigenvalue weighted by Gasteiger charge is -2.10. The van der Waals surface area contributed by atoms with Crippen molar-refractivity contribution in [3.05, 3.63) is 96.6 Å². The van der Waals surface area contributed by atoms with Gasteiger partial charge in [-0.05, 0) is 52.8 Å². The number of anilines is 1. The van der Waals surface area contributed by atoms with Gasteiger partial charge in [-0.15, -0.1) is 10.2 Å². The first-order chi connectivity index (χ1) is 17.3. The second-order valence-electron chi connectivity index (χ2n) is 8.12. The first-order valence-electron chi connectivity index (χ1n) is 10.9. The molecule has 5 rings (SSSR count). The Morgan fingerprint density at radius 1 is 0.944 bits per heavy atom. The molecular formula is C26H21N5O3S2. The van der Waals surface area contributed by atoms with Gasteiger partial charge in [-0.1, -0.05) is 66.7 Å². The molecule has 0 unspecified atom stereocenters. The van der Waals surface area contributed by atoms with Crippen LogP contribution in [0.25, 0.3) is 21.7 Å². The quantitative estimate of drug-likeness (QED) is 0.205. The summed E-state index contributed by atoms with van der Waals surface area (Å²) < 4.78 is 25.0. The second-order valence-corrected chi connectivity index (χ2v) is 10.1. The van der Waals surface area contributed by atoms with Gasteiger partial charge < -0.3 is 15.0 Å². The predicted molar refractivity (Wildman–Crippen MR) is 145 cm³/mol. The van der Waals surface area contributed by atoms with Gasteiger partial charge >= 0.3 is 0 Å². The molecule has 8 nitrogen and oxygen atoms in total. The second kappa shape index (κ2) is 9.50. The Labute approximate surface area is 212 Å². The summed E-state index contributed by atoms with van der Waals surface area (Å²) in [5.74, 6) is -0.0353. The van der Waals surface area contributed by atoms with Crippen molar-refractivity contribution < 1.29 is 13.5 Å². The van der Waals surface area contributed by atoms with Gasteiger partial charge in [-0.3, -0.25) is 0 Å². The summed E-state index contributed by atoms with van der Waals surface area (Å²) in [6, 6.07) is 27.6. The Bertz CT molecular complexity index is 1760. The fourth-order valence-corrected chi connectivity index (χ4v) is 4.84. The fraction of sp³-hybridized carbons (Fsp3) is 0.0385. The van der Waals surface area contributed by atoms with Gasteiger partial charge in [0.2, 0.25) is 21.0 Å². The molecular weight excluding hydrogens is 494 g/mol. The topological polar surface area (TPSA) is 122 Å². The molecule has 10 heteroatoms. The molecule has 0 radical (unpaired) electrons. The molecule has 5 aromatic rings. The van der Waals surface area contributed by atoms with E-state index in [0.29, 0.717) is 12.2 Å². The molecule has 36 heavy (non-hydrogen) atoms. The third kappa shape index (κ3) is 4.69. The van der Waals surface area contributed by atoms with Crippen molar-refractivity contribution in [1.29, 1.82) is 0 Å². The van der Waals surface area contributed by atoms with Gasteiger partial charge in [0.05, 0.1) is 17.0 Å². The van der Waals surface area contributed by atoms with Crippen LogP contribution in [0.15, 0.2) is 106 Å². The normalized spacial score (nSPS) is 11.9. The first-order valence-corrected chi connectivity index (χ1v) is 12.9. The van der Waals surface area contributed by atoms with Crippen LogP contribution < -0.4 is 10.5 Å². The number of nitrogens with two attached hydrogens (primary N) is 1. The van der Waals surface area contributed by atoms with Crippen molar-refractivity contribution in [3.63, 3.8) is 0 Å². The highest BCUT2D eigenvalue weighted by Gasteiger charge is 2.17. The molecule has 0 saturated carbocycles. The number of aromatic hydroxyl groups is 1. The van der Waals surface area contributed by atoms with Crippen LogP contribution in [0.1, 0.15) is 5.56 Å². The molecule has 0 aliphatic heterocycles. The van der Waals surface area contributed by atoms with E-state index in [2.05, 4.69) is 33.7 Å². The number of primary sulfonamides is 1. The number of aromatic nitrogens is 1. The number of benzene rings is 4. The van der Waals surface area contributed by atoms with E-state index >= 15 is 0 Å². The number of nitrogens with zero attached hydrogens (tertiary/aromatic N) is 3. The Morgan fingerprint density at radius 3 is 2.44 bits per heavy atom. The molecule has 0 fully saturated rings. The van der Waals surface area contributed by atoms with Gasteiger partial charge in [-0.25, -0.2) is 13.6 Å². The van der Waals surface area contributed by atoms with Crippen LogP contribution in [0, 0.1) is 0 Å². The zero-order valence-corrected chi connectivity index (χ0v) is 20.5. The highest BCUT2D eigenvalue weighted by molar-refractivity contribution is 7.89. The number of hydrogen-bond donors (Lipinski definition) is 3. The van der Waals surface area contributed by atoms with Crippen molar-refractivity contribution in [2.75, 3.05) is 5.32 Å². The lowest BCUT2D eigenvalue weighted by atomic mass is 10.0. The largest absolute Gasteiger partial charge is 0.493 e. The summed E-state index contributed by atoms with van der Waals surface area (Å²) in [5, 5.41) is 30.4. The van der Waals surface area contributed by atoms with Gasteiger partial charge in [0.15, 0.2) is 5.69 Å². The van der Waals surface area contributed by atoms with Crippen LogP contribution in [0.5, 0.6) is 5.88 Å². The molecule has 0 amide bonds. The minimum Gasteiger partial charge on any atom is -0.493 e. The number of rotatable bonds is 5. The Morgan fingerprint density at radius 2 is 1.64 bits per heavy atom. The first kappa shape index (κ1) is 23.6. The highest BCUT2D eigenvalue weighted by atomic mass is 32.2. The number of hydrogen-bond acceptors (Lipinski definition) is 5. The van der Waals surface area contributed by atoms with E-state index in [0.717, 1.165) is 27.2 Å². The molecule has 0 atom stereocenters. The van der Waals surface area contributed by atoms with Crippen molar-refractivity contribution in [2.45, 2.75) is 11.4 Å². The zero-order valence-electron chi connectivity index (χ0n) is 18.9. The molecule has 180 valence electrons. The van der Waals surface area contributed by atoms with E-state index in [1.165, 1.54) is 18.2 Å². The Hall–Kier alpha value is -4.12. The monoisotopic (exact) mass is 515 g/mol. The van der Waals surface area contributed by atoms with Gasteiger partial charge in [-0.2, -0.15) is 0 Å². The molecule has 4 aromatic carbocycles. The van der Waals surface area contributed by atoms with E-state index in [1.807, 2.05) is 48.5 Å². The molecule has 0 bridgehead atoms. The molecule has 1 aromatic heterocycles. The predicted octanol–water partition coefficient (Wildman–Crippen LogP) is 5.68. The molecule has 0 spiro atoms. The molecule has 0 aliphatic carbocycles. The van der Waals surface area contributed by atoms with E-state index < -0.39 is 10.0 Å². The Kier molecular flexibility index (Phi) is 6.23. The van der Waals surface area contributed by atoms with Crippen molar-refractivity contribution in [3.8, 4) is 5.88 Å². The summed E-state index contributed by atoms with van der Waals surface area (Å²) in [4.78, 5) is -0.0543. The Balaban J connectivity index is 1.47. The average molecular weight is 516 g/mol. The van der Waals surface area contributed by atoms with Gasteiger partial charge in [0, 0.05) is 11.1 Å². The number of fused-ring (bicyclic) bond motifs is 2. The van der Waals surface area contributed by atoms with Crippen LogP contribution in [0.4, 0.5) is 11.4 Å². The molecule has 0 saturated heterocycles. The smallest absolute Gasteiger partial charge is 0.238 e. The molecule has 4 N–H and O–H groups in total. The third-order valence-electron chi connectivity index (χ3n) is 5.78. The fourth-order valence-electron chi connectivity index (χ4n) is 4.13. The highest BCUT2D eigenvalue weighted by Crippen LogP contribution is 2.39. The summed E-state index contributed by atoms with van der Waals surface area (Å²) >= 11 is 5.26. The lowest BCUT2D eigenvalue weighted by molar-refractivity contribution is 0.430. The van der Waals surface area contributed by atoms with Gasteiger partial charge in [0.25, 0.3) is 0 Å². The van der Waals surface area contributed by atoms with E-state index in [1.54, 1.807) is 10.6 Å². The van der Waals surface area contributed by atoms with Gasteiger partial charge in [0.1, 0.15) is 0 Å². The number of azo groups is 1. The minimum atomic E-state index is -3.86. The maximum absolute atomic E-state index is 11.6. The lowest BCUT2D eigenvalue weighted by Crippen LogP contribution is -2.13. The SMILES string of the molecule is NS(=O)(=O)c1cccc(NC(=S)N=Nc2c(O)n(Cc3cccc4ccccc34)c3ccccc23)c1. The zero-order chi connectivity index (χ0) is 25.3.